The van der Waals surface area contributed by atoms with Gasteiger partial charge in [-0.15, -0.1) is 0 Å². The van der Waals surface area contributed by atoms with E-state index in [2.05, 4.69) is 15.0 Å². The molecule has 92 valence electrons. The number of nitrogens with one attached hydrogen (secondary N) is 1. The third kappa shape index (κ3) is 4.65. The number of thioether (sulfide) groups is 1. The van der Waals surface area contributed by atoms with Gasteiger partial charge >= 0.3 is 0 Å². The number of hydrogen-bond donors (Lipinski definition) is 3. The van der Waals surface area contributed by atoms with Crippen LogP contribution in [0.4, 0.5) is 5.95 Å². The van der Waals surface area contributed by atoms with Crippen LogP contribution in [0.15, 0.2) is 11.2 Å². The Morgan fingerprint density at radius 3 is 3.12 bits per heavy atom. The Kier molecular flexibility index (Phi) is 5.16. The van der Waals surface area contributed by atoms with E-state index in [0.29, 0.717) is 12.5 Å². The molecular formula is C9H15N7S. The first kappa shape index (κ1) is 13.2. The highest BCUT2D eigenvalue weighted by Gasteiger charge is 1.99. The largest absolute Gasteiger partial charge is 0.369 e. The van der Waals surface area contributed by atoms with Crippen molar-refractivity contribution in [1.82, 2.24) is 14.9 Å². The average Bonchev–Trinajstić information content (AvgIpc) is 2.73. The maximum Gasteiger partial charge on any atom is 0.204 e. The molecule has 1 heterocycles. The molecule has 8 heteroatoms. The van der Waals surface area contributed by atoms with E-state index in [4.69, 9.17) is 16.7 Å². The Balaban J connectivity index is 2.19. The number of nitrogens with zero attached hydrogens (tertiary/aromatic N) is 4. The van der Waals surface area contributed by atoms with Crippen LogP contribution in [0, 0.1) is 11.5 Å². The summed E-state index contributed by atoms with van der Waals surface area (Å²) in [5.41, 5.74) is 12.0. The van der Waals surface area contributed by atoms with Gasteiger partial charge in [0.2, 0.25) is 5.96 Å². The number of imidazole rings is 1. The molecule has 0 fully saturated rings. The van der Waals surface area contributed by atoms with Gasteiger partial charge in [0.15, 0.2) is 12.1 Å². The normalized spacial score (nSPS) is 11.2. The minimum Gasteiger partial charge on any atom is -0.369 e. The maximum atomic E-state index is 8.55. The molecule has 1 aromatic rings. The summed E-state index contributed by atoms with van der Waals surface area (Å²) in [6.07, 6.45) is 3.59. The summed E-state index contributed by atoms with van der Waals surface area (Å²) in [5, 5.41) is 8.55. The molecule has 0 saturated heterocycles. The number of aliphatic imine (C=N–C) groups is 1. The molecule has 17 heavy (non-hydrogen) atoms. The van der Waals surface area contributed by atoms with E-state index in [1.807, 2.05) is 6.19 Å². The van der Waals surface area contributed by atoms with Crippen molar-refractivity contribution in [3.63, 3.8) is 0 Å². The first-order valence-electron chi connectivity index (χ1n) is 4.94. The highest BCUT2D eigenvalue weighted by atomic mass is 32.2. The fourth-order valence-electron chi connectivity index (χ4n) is 1.01. The molecule has 0 radical (unpaired) electrons. The van der Waals surface area contributed by atoms with Crippen LogP contribution in [-0.4, -0.2) is 40.2 Å². The SMILES string of the molecule is CN(C#N)C(N)=NCCSCc1cnc(N)[nH]1. The number of nitriles is 1. The molecule has 0 saturated carbocycles. The van der Waals surface area contributed by atoms with Crippen molar-refractivity contribution < 1.29 is 0 Å². The lowest BCUT2D eigenvalue weighted by Gasteiger charge is -2.06. The van der Waals surface area contributed by atoms with Gasteiger partial charge in [0.1, 0.15) is 0 Å². The molecule has 0 aromatic carbocycles. The zero-order valence-corrected chi connectivity index (χ0v) is 10.4. The number of aromatic amines is 1. The molecule has 0 unspecified atom stereocenters. The van der Waals surface area contributed by atoms with Gasteiger partial charge < -0.3 is 16.5 Å². The van der Waals surface area contributed by atoms with Crippen molar-refractivity contribution in [3.8, 4) is 6.19 Å². The Morgan fingerprint density at radius 2 is 2.53 bits per heavy atom. The standard InChI is InChI=1S/C9H15N7S/c1-16(6-10)9(12)13-2-3-17-5-7-4-14-8(11)15-7/h4H,2-3,5H2,1H3,(H2,12,13)(H3,11,14,15). The van der Waals surface area contributed by atoms with Gasteiger partial charge in [0.05, 0.1) is 12.7 Å². The number of nitrogens with two attached hydrogens (primary N) is 2. The van der Waals surface area contributed by atoms with E-state index < -0.39 is 0 Å². The number of nitrogen functional groups attached to an aromatic ring is 1. The highest BCUT2D eigenvalue weighted by molar-refractivity contribution is 7.98. The molecule has 0 aliphatic carbocycles. The van der Waals surface area contributed by atoms with Crippen LogP contribution in [0.2, 0.25) is 0 Å². The maximum absolute atomic E-state index is 8.55. The highest BCUT2D eigenvalue weighted by Crippen LogP contribution is 2.10. The van der Waals surface area contributed by atoms with Gasteiger partial charge in [-0.2, -0.15) is 17.0 Å². The van der Waals surface area contributed by atoms with Crippen molar-refractivity contribution in [2.24, 2.45) is 10.7 Å². The van der Waals surface area contributed by atoms with Crippen molar-refractivity contribution in [1.29, 1.82) is 5.26 Å². The second-order valence-electron chi connectivity index (χ2n) is 3.25. The molecule has 0 amide bonds. The Bertz CT molecular complexity index is 419. The summed E-state index contributed by atoms with van der Waals surface area (Å²) in [6.45, 7) is 0.576. The van der Waals surface area contributed by atoms with Gasteiger partial charge in [-0.1, -0.05) is 0 Å². The summed E-state index contributed by atoms with van der Waals surface area (Å²) in [7, 11) is 1.57. The summed E-state index contributed by atoms with van der Waals surface area (Å²) >= 11 is 1.69. The van der Waals surface area contributed by atoms with Crippen LogP contribution >= 0.6 is 11.8 Å². The lowest BCUT2D eigenvalue weighted by Crippen LogP contribution is -2.30. The van der Waals surface area contributed by atoms with Crippen molar-refractivity contribution >= 4 is 23.7 Å². The molecular weight excluding hydrogens is 238 g/mol. The lowest BCUT2D eigenvalue weighted by atomic mass is 10.6. The minimum absolute atomic E-state index is 0.235. The van der Waals surface area contributed by atoms with Crippen molar-refractivity contribution in [2.45, 2.75) is 5.75 Å². The second kappa shape index (κ2) is 6.65. The molecule has 0 bridgehead atoms. The van der Waals surface area contributed by atoms with Gasteiger partial charge in [-0.25, -0.2) is 4.98 Å². The first-order valence-corrected chi connectivity index (χ1v) is 6.09. The fraction of sp³-hybridized carbons (Fsp3) is 0.444. The van der Waals surface area contributed by atoms with E-state index in [1.54, 1.807) is 25.0 Å². The Hall–Kier alpha value is -1.88. The monoisotopic (exact) mass is 253 g/mol. The zero-order chi connectivity index (χ0) is 12.7. The number of guanidine groups is 1. The van der Waals surface area contributed by atoms with Crippen LogP contribution in [-0.2, 0) is 5.75 Å². The van der Waals surface area contributed by atoms with Crippen LogP contribution in [0.5, 0.6) is 0 Å². The number of aromatic nitrogens is 2. The van der Waals surface area contributed by atoms with E-state index in [1.165, 1.54) is 4.90 Å². The van der Waals surface area contributed by atoms with Gasteiger partial charge in [-0.05, 0) is 0 Å². The molecule has 0 aliphatic heterocycles. The lowest BCUT2D eigenvalue weighted by molar-refractivity contribution is 0.695. The first-order chi connectivity index (χ1) is 8.13. The number of anilines is 1. The van der Waals surface area contributed by atoms with E-state index in [9.17, 15) is 0 Å². The third-order valence-electron chi connectivity index (χ3n) is 1.91. The molecule has 1 aromatic heterocycles. The van der Waals surface area contributed by atoms with E-state index >= 15 is 0 Å². The topological polar surface area (TPSA) is 120 Å². The van der Waals surface area contributed by atoms with Crippen molar-refractivity contribution in [3.05, 3.63) is 11.9 Å². The van der Waals surface area contributed by atoms with Crippen molar-refractivity contribution in [2.75, 3.05) is 25.1 Å². The van der Waals surface area contributed by atoms with Crippen LogP contribution in [0.1, 0.15) is 5.69 Å². The number of hydrogen-bond acceptors (Lipinski definition) is 5. The molecule has 1 rings (SSSR count). The Labute approximate surface area is 104 Å². The molecule has 0 aliphatic rings. The zero-order valence-electron chi connectivity index (χ0n) is 9.55. The van der Waals surface area contributed by atoms with Crippen LogP contribution in [0.25, 0.3) is 0 Å². The van der Waals surface area contributed by atoms with Crippen LogP contribution < -0.4 is 11.5 Å². The number of H-pyrrole nitrogens is 1. The van der Waals surface area contributed by atoms with Gasteiger partial charge in [-0.3, -0.25) is 9.89 Å². The summed E-state index contributed by atoms with van der Waals surface area (Å²) < 4.78 is 0. The van der Waals surface area contributed by atoms with Crippen LogP contribution in [0.3, 0.4) is 0 Å². The summed E-state index contributed by atoms with van der Waals surface area (Å²) in [5.74, 6) is 2.28. The number of rotatable bonds is 5. The molecule has 0 atom stereocenters. The predicted octanol–water partition coefficient (Wildman–Crippen LogP) is -0.0473. The van der Waals surface area contributed by atoms with Gasteiger partial charge in [0.25, 0.3) is 0 Å². The van der Waals surface area contributed by atoms with E-state index in [-0.39, 0.29) is 5.96 Å². The predicted molar refractivity (Wildman–Crippen MR) is 69.0 cm³/mol. The van der Waals surface area contributed by atoms with Gasteiger partial charge in [0, 0.05) is 24.2 Å². The van der Waals surface area contributed by atoms with E-state index in [0.717, 1.165) is 17.2 Å². The second-order valence-corrected chi connectivity index (χ2v) is 4.35. The quantitative estimate of drug-likeness (QED) is 0.222. The fourth-order valence-corrected chi connectivity index (χ4v) is 1.75. The summed E-state index contributed by atoms with van der Waals surface area (Å²) in [6, 6.07) is 0. The minimum atomic E-state index is 0.235. The third-order valence-corrected chi connectivity index (χ3v) is 2.90. The molecule has 0 spiro atoms. The molecule has 5 N–H and O–H groups in total. The molecule has 7 nitrogen and oxygen atoms in total. The smallest absolute Gasteiger partial charge is 0.204 e. The summed E-state index contributed by atoms with van der Waals surface area (Å²) in [4.78, 5) is 12.1. The Morgan fingerprint density at radius 1 is 1.76 bits per heavy atom. The average molecular weight is 253 g/mol.